The average Bonchev–Trinajstić information content (AvgIpc) is 2.90. The van der Waals surface area contributed by atoms with Crippen molar-refractivity contribution in [2.24, 2.45) is 5.92 Å². The highest BCUT2D eigenvalue weighted by Crippen LogP contribution is 2.17. The van der Waals surface area contributed by atoms with Gasteiger partial charge in [0.15, 0.2) is 5.69 Å². The van der Waals surface area contributed by atoms with Gasteiger partial charge < -0.3 is 10.2 Å². The second-order valence-corrected chi connectivity index (χ2v) is 4.89. The Morgan fingerprint density at radius 3 is 2.83 bits per heavy atom. The number of amides is 1. The summed E-state index contributed by atoms with van der Waals surface area (Å²) in [6.45, 7) is 5.88. The minimum absolute atomic E-state index is 0. The van der Waals surface area contributed by atoms with Gasteiger partial charge >= 0.3 is 0 Å². The van der Waals surface area contributed by atoms with Gasteiger partial charge in [-0.3, -0.25) is 4.79 Å². The number of hydrogen-bond donors (Lipinski definition) is 1. The van der Waals surface area contributed by atoms with Crippen LogP contribution in [0.15, 0.2) is 6.20 Å². The number of hydrogen-bond acceptors (Lipinski definition) is 5. The highest BCUT2D eigenvalue weighted by Gasteiger charge is 2.24. The Balaban J connectivity index is 0.00000162. The van der Waals surface area contributed by atoms with E-state index in [-0.39, 0.29) is 18.3 Å². The van der Waals surface area contributed by atoms with Crippen LogP contribution in [0.25, 0.3) is 0 Å². The second-order valence-electron chi connectivity index (χ2n) is 4.34. The highest BCUT2D eigenvalue weighted by atomic mass is 35.5. The molecule has 1 saturated heterocycles. The van der Waals surface area contributed by atoms with Gasteiger partial charge in [-0.05, 0) is 31.8 Å². The molecule has 0 spiro atoms. The highest BCUT2D eigenvalue weighted by molar-refractivity contribution is 6.99. The van der Waals surface area contributed by atoms with Crippen LogP contribution in [0.1, 0.15) is 30.3 Å². The molecular formula is C11H19ClN4OS. The molecule has 2 heterocycles. The van der Waals surface area contributed by atoms with Gasteiger partial charge in [-0.15, -0.1) is 12.4 Å². The van der Waals surface area contributed by atoms with Crippen LogP contribution in [0.3, 0.4) is 0 Å². The summed E-state index contributed by atoms with van der Waals surface area (Å²) in [7, 11) is 0. The molecule has 0 unspecified atom stereocenters. The van der Waals surface area contributed by atoms with Crippen molar-refractivity contribution in [1.82, 2.24) is 19.0 Å². The Morgan fingerprint density at radius 2 is 2.28 bits per heavy atom. The maximum atomic E-state index is 12.0. The first-order valence-electron chi connectivity index (χ1n) is 6.08. The Morgan fingerprint density at radius 1 is 1.56 bits per heavy atom. The predicted octanol–water partition coefficient (Wildman–Crippen LogP) is 1.42. The van der Waals surface area contributed by atoms with Gasteiger partial charge in [-0.1, -0.05) is 6.92 Å². The standard InChI is InChI=1S/C11H18N4OS.ClH/c1-2-12-7-9-3-5-15(6-4-9)11(16)10-8-13-17-14-10;/h8-9,12H,2-7H2,1H3;1H. The van der Waals surface area contributed by atoms with E-state index in [4.69, 9.17) is 0 Å². The molecule has 0 bridgehead atoms. The van der Waals surface area contributed by atoms with Crippen molar-refractivity contribution in [3.05, 3.63) is 11.9 Å². The first kappa shape index (κ1) is 15.3. The van der Waals surface area contributed by atoms with E-state index in [1.54, 1.807) is 6.20 Å². The van der Waals surface area contributed by atoms with Crippen molar-refractivity contribution in [3.63, 3.8) is 0 Å². The smallest absolute Gasteiger partial charge is 0.275 e. The maximum Gasteiger partial charge on any atom is 0.275 e. The van der Waals surface area contributed by atoms with Crippen LogP contribution in [0.4, 0.5) is 0 Å². The van der Waals surface area contributed by atoms with Crippen molar-refractivity contribution in [1.29, 1.82) is 0 Å². The molecule has 0 atom stereocenters. The zero-order valence-electron chi connectivity index (χ0n) is 10.5. The van der Waals surface area contributed by atoms with Crippen LogP contribution in [0.5, 0.6) is 0 Å². The summed E-state index contributed by atoms with van der Waals surface area (Å²) in [5.74, 6) is 0.730. The van der Waals surface area contributed by atoms with Gasteiger partial charge in [0.1, 0.15) is 0 Å². The maximum absolute atomic E-state index is 12.0. The Hall–Kier alpha value is -0.720. The fraction of sp³-hybridized carbons (Fsp3) is 0.727. The van der Waals surface area contributed by atoms with Crippen LogP contribution in [-0.4, -0.2) is 45.7 Å². The number of rotatable bonds is 4. The number of nitrogens with zero attached hydrogens (tertiary/aromatic N) is 3. The van der Waals surface area contributed by atoms with Gasteiger partial charge in [-0.2, -0.15) is 8.75 Å². The van der Waals surface area contributed by atoms with Crippen LogP contribution in [-0.2, 0) is 0 Å². The molecule has 0 saturated carbocycles. The number of carbonyl (C=O) groups excluding carboxylic acids is 1. The molecule has 7 heteroatoms. The van der Waals surface area contributed by atoms with Crippen LogP contribution in [0.2, 0.25) is 0 Å². The van der Waals surface area contributed by atoms with Crippen LogP contribution < -0.4 is 5.32 Å². The fourth-order valence-corrected chi connectivity index (χ4v) is 2.52. The molecule has 102 valence electrons. The number of halogens is 1. The molecule has 2 rings (SSSR count). The number of nitrogens with one attached hydrogen (secondary N) is 1. The lowest BCUT2D eigenvalue weighted by Gasteiger charge is -2.31. The summed E-state index contributed by atoms with van der Waals surface area (Å²) >= 11 is 1.09. The van der Waals surface area contributed by atoms with Crippen molar-refractivity contribution >= 4 is 30.0 Å². The minimum atomic E-state index is 0. The predicted molar refractivity (Wildman–Crippen MR) is 74.3 cm³/mol. The normalized spacial score (nSPS) is 16.4. The van der Waals surface area contributed by atoms with E-state index in [1.807, 2.05) is 4.90 Å². The summed E-state index contributed by atoms with van der Waals surface area (Å²) < 4.78 is 7.85. The van der Waals surface area contributed by atoms with Crippen LogP contribution >= 0.6 is 24.1 Å². The molecule has 1 aromatic rings. The number of carbonyl (C=O) groups is 1. The van der Waals surface area contributed by atoms with Crippen molar-refractivity contribution < 1.29 is 4.79 Å². The lowest BCUT2D eigenvalue weighted by molar-refractivity contribution is 0.0685. The van der Waals surface area contributed by atoms with Gasteiger partial charge in [-0.25, -0.2) is 0 Å². The molecule has 1 N–H and O–H groups in total. The minimum Gasteiger partial charge on any atom is -0.337 e. The molecule has 1 amide bonds. The summed E-state index contributed by atoms with van der Waals surface area (Å²) in [5.41, 5.74) is 0.486. The first-order valence-corrected chi connectivity index (χ1v) is 6.82. The van der Waals surface area contributed by atoms with Gasteiger partial charge in [0.25, 0.3) is 5.91 Å². The SMILES string of the molecule is CCNCC1CCN(C(=O)c2cnsn2)CC1.Cl. The third-order valence-electron chi connectivity index (χ3n) is 3.17. The molecule has 0 aliphatic carbocycles. The number of piperidine rings is 1. The quantitative estimate of drug-likeness (QED) is 0.911. The monoisotopic (exact) mass is 290 g/mol. The first-order chi connectivity index (χ1) is 8.31. The van der Waals surface area contributed by atoms with Crippen molar-refractivity contribution in [3.8, 4) is 0 Å². The Labute approximate surface area is 118 Å². The van der Waals surface area contributed by atoms with E-state index < -0.39 is 0 Å². The third-order valence-corrected chi connectivity index (χ3v) is 3.64. The number of likely N-dealkylation sites (tertiary alicyclic amines) is 1. The summed E-state index contributed by atoms with van der Waals surface area (Å²) in [4.78, 5) is 13.9. The molecule has 1 aromatic heterocycles. The molecule has 18 heavy (non-hydrogen) atoms. The average molecular weight is 291 g/mol. The topological polar surface area (TPSA) is 58.1 Å². The van der Waals surface area contributed by atoms with E-state index in [1.165, 1.54) is 0 Å². The molecule has 1 fully saturated rings. The van der Waals surface area contributed by atoms with Crippen molar-refractivity contribution in [2.75, 3.05) is 26.2 Å². The molecule has 0 aromatic carbocycles. The zero-order chi connectivity index (χ0) is 12.1. The van der Waals surface area contributed by atoms with Gasteiger partial charge in [0.2, 0.25) is 0 Å². The van der Waals surface area contributed by atoms with E-state index in [9.17, 15) is 4.79 Å². The Bertz CT molecular complexity index is 352. The van der Waals surface area contributed by atoms with Crippen LogP contribution in [0, 0.1) is 5.92 Å². The summed E-state index contributed by atoms with van der Waals surface area (Å²) in [6.07, 6.45) is 3.71. The lowest BCUT2D eigenvalue weighted by atomic mass is 9.96. The second kappa shape index (κ2) is 7.66. The molecule has 1 aliphatic heterocycles. The van der Waals surface area contributed by atoms with E-state index in [2.05, 4.69) is 21.0 Å². The molecule has 5 nitrogen and oxygen atoms in total. The van der Waals surface area contributed by atoms with Gasteiger partial charge in [0, 0.05) is 13.1 Å². The van der Waals surface area contributed by atoms with E-state index in [0.717, 1.165) is 50.7 Å². The third kappa shape index (κ3) is 3.90. The van der Waals surface area contributed by atoms with Gasteiger partial charge in [0.05, 0.1) is 17.9 Å². The Kier molecular flexibility index (Phi) is 6.52. The zero-order valence-corrected chi connectivity index (χ0v) is 12.1. The number of aromatic nitrogens is 2. The van der Waals surface area contributed by atoms with E-state index in [0.29, 0.717) is 11.6 Å². The van der Waals surface area contributed by atoms with Crippen molar-refractivity contribution in [2.45, 2.75) is 19.8 Å². The lowest BCUT2D eigenvalue weighted by Crippen LogP contribution is -2.40. The largest absolute Gasteiger partial charge is 0.337 e. The summed E-state index contributed by atoms with van der Waals surface area (Å²) in [6, 6.07) is 0. The summed E-state index contributed by atoms with van der Waals surface area (Å²) in [5, 5.41) is 3.37. The molecule has 0 radical (unpaired) electrons. The molecule has 1 aliphatic rings. The fourth-order valence-electron chi connectivity index (χ4n) is 2.11. The van der Waals surface area contributed by atoms with E-state index >= 15 is 0 Å². The molecular weight excluding hydrogens is 272 g/mol.